The minimum atomic E-state index is -0.239. The van der Waals surface area contributed by atoms with Crippen LogP contribution in [0.5, 0.6) is 0 Å². The molecule has 0 radical (unpaired) electrons. The number of nitrogens with zero attached hydrogens (tertiary/aromatic N) is 3. The van der Waals surface area contributed by atoms with Crippen molar-refractivity contribution in [3.8, 4) is 0 Å². The first-order chi connectivity index (χ1) is 8.16. The van der Waals surface area contributed by atoms with Gasteiger partial charge < -0.3 is 4.90 Å². The third-order valence-electron chi connectivity index (χ3n) is 2.61. The summed E-state index contributed by atoms with van der Waals surface area (Å²) in [6, 6.07) is 3.41. The van der Waals surface area contributed by atoms with E-state index in [1.165, 1.54) is 4.90 Å². The first-order valence-electron chi connectivity index (χ1n) is 4.89. The predicted molar refractivity (Wildman–Crippen MR) is 64.4 cm³/mol. The summed E-state index contributed by atoms with van der Waals surface area (Å²) in [6.45, 7) is 0.0647. The number of rotatable bonds is 1. The molecule has 5 nitrogen and oxygen atoms in total. The molecule has 1 amide bonds. The first kappa shape index (κ1) is 10.6. The summed E-state index contributed by atoms with van der Waals surface area (Å²) in [5.41, 5.74) is 1.75. The number of halogens is 1. The van der Waals surface area contributed by atoms with E-state index < -0.39 is 0 Å². The van der Waals surface area contributed by atoms with Crippen molar-refractivity contribution in [3.05, 3.63) is 17.2 Å². The third-order valence-corrected chi connectivity index (χ3v) is 3.45. The minimum absolute atomic E-state index is 0.0647. The smallest absolute Gasteiger partial charge is 0.235 e. The number of anilines is 1. The van der Waals surface area contributed by atoms with E-state index in [4.69, 9.17) is 11.6 Å². The lowest BCUT2D eigenvalue weighted by Crippen LogP contribution is -2.25. The van der Waals surface area contributed by atoms with Gasteiger partial charge in [-0.1, -0.05) is 11.6 Å². The van der Waals surface area contributed by atoms with Crippen LogP contribution in [0.1, 0.15) is 6.42 Å². The van der Waals surface area contributed by atoms with Crippen molar-refractivity contribution in [3.63, 3.8) is 0 Å². The summed E-state index contributed by atoms with van der Waals surface area (Å²) >= 11 is 7.14. The van der Waals surface area contributed by atoms with E-state index in [0.29, 0.717) is 21.7 Å². The molecule has 0 bridgehead atoms. The molecule has 2 aromatic rings. The maximum absolute atomic E-state index is 11.7. The van der Waals surface area contributed by atoms with Gasteiger partial charge in [-0.15, -0.1) is 0 Å². The van der Waals surface area contributed by atoms with Crippen LogP contribution in [-0.2, 0) is 9.59 Å². The number of carbonyl (C=O) groups excluding carboxylic acids is 2. The molecule has 0 spiro atoms. The number of aromatic nitrogens is 2. The molecular weight excluding hydrogens is 262 g/mol. The number of hydrogen-bond acceptors (Lipinski definition) is 5. The highest BCUT2D eigenvalue weighted by Gasteiger charge is 2.31. The maximum atomic E-state index is 11.7. The van der Waals surface area contributed by atoms with Gasteiger partial charge in [0.05, 0.1) is 35.4 Å². The Balaban J connectivity index is 2.22. The van der Waals surface area contributed by atoms with E-state index in [-0.39, 0.29) is 24.7 Å². The second-order valence-electron chi connectivity index (χ2n) is 3.72. The van der Waals surface area contributed by atoms with E-state index in [0.717, 1.165) is 11.7 Å². The fourth-order valence-electron chi connectivity index (χ4n) is 1.86. The van der Waals surface area contributed by atoms with Crippen LogP contribution in [0.2, 0.25) is 5.02 Å². The van der Waals surface area contributed by atoms with Crippen molar-refractivity contribution in [2.75, 3.05) is 11.4 Å². The zero-order valence-electron chi connectivity index (χ0n) is 8.51. The number of benzene rings is 1. The van der Waals surface area contributed by atoms with Crippen molar-refractivity contribution in [2.24, 2.45) is 0 Å². The van der Waals surface area contributed by atoms with Crippen molar-refractivity contribution in [2.45, 2.75) is 6.42 Å². The first-order valence-corrected chi connectivity index (χ1v) is 6.00. The molecule has 0 unspecified atom stereocenters. The lowest BCUT2D eigenvalue weighted by Gasteiger charge is -2.16. The summed E-state index contributed by atoms with van der Waals surface area (Å²) < 4.78 is 8.21. The minimum Gasteiger partial charge on any atom is -0.301 e. The van der Waals surface area contributed by atoms with Crippen LogP contribution in [0.25, 0.3) is 11.0 Å². The van der Waals surface area contributed by atoms with Gasteiger partial charge in [-0.25, -0.2) is 0 Å². The highest BCUT2D eigenvalue weighted by Crippen LogP contribution is 2.34. The monoisotopic (exact) mass is 267 g/mol. The highest BCUT2D eigenvalue weighted by atomic mass is 35.5. The van der Waals surface area contributed by atoms with Crippen LogP contribution in [0, 0.1) is 0 Å². The van der Waals surface area contributed by atoms with Gasteiger partial charge in [0.1, 0.15) is 11.0 Å². The molecule has 1 fully saturated rings. The lowest BCUT2D eigenvalue weighted by atomic mass is 10.2. The van der Waals surface area contributed by atoms with Gasteiger partial charge in [-0.2, -0.15) is 8.75 Å². The molecular formula is C10H6ClN3O2S. The van der Waals surface area contributed by atoms with Gasteiger partial charge in [0.15, 0.2) is 5.78 Å². The maximum Gasteiger partial charge on any atom is 0.235 e. The molecule has 1 aliphatic rings. The average Bonchev–Trinajstić information content (AvgIpc) is 2.85. The number of hydrogen-bond donors (Lipinski definition) is 0. The van der Waals surface area contributed by atoms with Crippen molar-refractivity contribution >= 4 is 51.7 Å². The zero-order valence-corrected chi connectivity index (χ0v) is 10.1. The standard InChI is InChI=1S/C10H6ClN3O2S/c11-6-1-2-7-9(13-17-12-7)10(6)14-4-5(15)3-8(14)16/h1-2H,3-4H2. The van der Waals surface area contributed by atoms with Gasteiger partial charge in [-0.3, -0.25) is 9.59 Å². The summed E-state index contributed by atoms with van der Waals surface area (Å²) in [7, 11) is 0. The number of Topliss-reactive ketones (excluding diaryl/α,β-unsaturated/α-hetero) is 1. The molecule has 1 aromatic heterocycles. The zero-order chi connectivity index (χ0) is 12.0. The number of fused-ring (bicyclic) bond motifs is 1. The Morgan fingerprint density at radius 2 is 2.12 bits per heavy atom. The Labute approximate surface area is 105 Å². The van der Waals surface area contributed by atoms with Crippen molar-refractivity contribution in [1.82, 2.24) is 8.75 Å². The van der Waals surface area contributed by atoms with E-state index in [2.05, 4.69) is 8.75 Å². The Hall–Kier alpha value is -1.53. The van der Waals surface area contributed by atoms with Crippen LogP contribution in [0.3, 0.4) is 0 Å². The molecule has 0 N–H and O–H groups in total. The molecule has 1 saturated heterocycles. The highest BCUT2D eigenvalue weighted by molar-refractivity contribution is 7.00. The molecule has 3 rings (SSSR count). The third kappa shape index (κ3) is 1.60. The predicted octanol–water partition coefficient (Wildman–Crippen LogP) is 1.65. The number of carbonyl (C=O) groups is 2. The Kier molecular flexibility index (Phi) is 2.34. The number of ketones is 1. The summed E-state index contributed by atoms with van der Waals surface area (Å²) in [5, 5.41) is 0.410. The molecule has 7 heteroatoms. The largest absolute Gasteiger partial charge is 0.301 e. The second-order valence-corrected chi connectivity index (χ2v) is 4.66. The van der Waals surface area contributed by atoms with Crippen LogP contribution in [-0.4, -0.2) is 27.0 Å². The van der Waals surface area contributed by atoms with E-state index in [1.54, 1.807) is 12.1 Å². The normalized spacial score (nSPS) is 16.2. The second kappa shape index (κ2) is 3.75. The summed E-state index contributed by atoms with van der Waals surface area (Å²) in [6.07, 6.45) is -0.0652. The lowest BCUT2D eigenvalue weighted by molar-refractivity contribution is -0.121. The van der Waals surface area contributed by atoms with Crippen LogP contribution in [0.4, 0.5) is 5.69 Å². The SMILES string of the molecule is O=C1CC(=O)N(c2c(Cl)ccc3nsnc23)C1. The topological polar surface area (TPSA) is 63.2 Å². The van der Waals surface area contributed by atoms with Crippen molar-refractivity contribution < 1.29 is 9.59 Å². The molecule has 86 valence electrons. The molecule has 1 aromatic carbocycles. The molecule has 0 atom stereocenters. The fraction of sp³-hybridized carbons (Fsp3) is 0.200. The quantitative estimate of drug-likeness (QED) is 0.737. The van der Waals surface area contributed by atoms with Gasteiger partial charge in [-0.05, 0) is 12.1 Å². The average molecular weight is 268 g/mol. The van der Waals surface area contributed by atoms with E-state index in [9.17, 15) is 9.59 Å². The van der Waals surface area contributed by atoms with E-state index in [1.807, 2.05) is 0 Å². The van der Waals surface area contributed by atoms with Crippen LogP contribution >= 0.6 is 23.3 Å². The molecule has 0 aliphatic carbocycles. The Morgan fingerprint density at radius 3 is 2.82 bits per heavy atom. The summed E-state index contributed by atoms with van der Waals surface area (Å²) in [5.74, 6) is -0.344. The molecule has 2 heterocycles. The number of amides is 1. The Morgan fingerprint density at radius 1 is 1.29 bits per heavy atom. The molecule has 0 saturated carbocycles. The van der Waals surface area contributed by atoms with Gasteiger partial charge >= 0.3 is 0 Å². The summed E-state index contributed by atoms with van der Waals surface area (Å²) in [4.78, 5) is 24.4. The fourth-order valence-corrected chi connectivity index (χ4v) is 2.65. The van der Waals surface area contributed by atoms with Crippen LogP contribution in [0.15, 0.2) is 12.1 Å². The van der Waals surface area contributed by atoms with Crippen molar-refractivity contribution in [1.29, 1.82) is 0 Å². The van der Waals surface area contributed by atoms with Gasteiger partial charge in [0.25, 0.3) is 0 Å². The van der Waals surface area contributed by atoms with Crippen LogP contribution < -0.4 is 4.90 Å². The van der Waals surface area contributed by atoms with Gasteiger partial charge in [0.2, 0.25) is 5.91 Å². The van der Waals surface area contributed by atoms with E-state index >= 15 is 0 Å². The molecule has 17 heavy (non-hydrogen) atoms. The molecule has 1 aliphatic heterocycles. The Bertz CT molecular complexity index is 640. The van der Waals surface area contributed by atoms with Gasteiger partial charge in [0, 0.05) is 0 Å².